The number of aromatic nitrogens is 7. The van der Waals surface area contributed by atoms with Gasteiger partial charge in [0.2, 0.25) is 5.91 Å². The van der Waals surface area contributed by atoms with Crippen LogP contribution in [0.3, 0.4) is 0 Å². The summed E-state index contributed by atoms with van der Waals surface area (Å²) in [6.45, 7) is 6.85. The first-order valence-corrected chi connectivity index (χ1v) is 9.81. The van der Waals surface area contributed by atoms with E-state index in [4.69, 9.17) is 0 Å². The van der Waals surface area contributed by atoms with E-state index < -0.39 is 0 Å². The zero-order valence-corrected chi connectivity index (χ0v) is 16.7. The first-order valence-electron chi connectivity index (χ1n) is 9.81. The molecular weight excluding hydrogens is 370 g/mol. The molecule has 0 unspecified atom stereocenters. The van der Waals surface area contributed by atoms with Crippen LogP contribution in [0.15, 0.2) is 31.1 Å². The van der Waals surface area contributed by atoms with Crippen LogP contribution in [-0.4, -0.2) is 60.1 Å². The lowest BCUT2D eigenvalue weighted by Gasteiger charge is -2.32. The molecule has 152 valence electrons. The molecule has 0 atom stereocenters. The molecule has 29 heavy (non-hydrogen) atoms. The van der Waals surface area contributed by atoms with Crippen LogP contribution in [0.4, 0.5) is 5.82 Å². The molecule has 0 radical (unpaired) electrons. The molecule has 1 fully saturated rings. The number of nitrogens with one attached hydrogen (secondary N) is 1. The molecule has 3 aromatic rings. The fourth-order valence-corrected chi connectivity index (χ4v) is 3.66. The normalized spacial score (nSPS) is 14.9. The van der Waals surface area contributed by atoms with Crippen molar-refractivity contribution in [1.82, 2.24) is 39.8 Å². The molecular formula is C19H25N9O. The highest BCUT2D eigenvalue weighted by molar-refractivity contribution is 5.78. The van der Waals surface area contributed by atoms with Crippen molar-refractivity contribution >= 4 is 11.7 Å². The van der Waals surface area contributed by atoms with Crippen molar-refractivity contribution in [3.05, 3.63) is 42.5 Å². The minimum absolute atomic E-state index is 0.0309. The fourth-order valence-electron chi connectivity index (χ4n) is 3.66. The van der Waals surface area contributed by atoms with Gasteiger partial charge in [-0.1, -0.05) is 0 Å². The molecule has 10 heteroatoms. The van der Waals surface area contributed by atoms with Gasteiger partial charge in [-0.15, -0.1) is 0 Å². The van der Waals surface area contributed by atoms with Crippen LogP contribution in [0.2, 0.25) is 0 Å². The number of aryl methyl sites for hydroxylation is 2. The molecule has 1 saturated heterocycles. The quantitative estimate of drug-likeness (QED) is 0.661. The predicted octanol–water partition coefficient (Wildman–Crippen LogP) is 0.903. The van der Waals surface area contributed by atoms with Gasteiger partial charge in [0.25, 0.3) is 0 Å². The highest BCUT2D eigenvalue weighted by Crippen LogP contribution is 2.22. The summed E-state index contributed by atoms with van der Waals surface area (Å²) < 4.78 is 3.54. The number of rotatable bonds is 6. The van der Waals surface area contributed by atoms with E-state index in [2.05, 4.69) is 35.4 Å². The van der Waals surface area contributed by atoms with E-state index >= 15 is 0 Å². The lowest BCUT2D eigenvalue weighted by atomic mass is 9.96. The van der Waals surface area contributed by atoms with Gasteiger partial charge in [-0.2, -0.15) is 10.2 Å². The highest BCUT2D eigenvalue weighted by atomic mass is 16.1. The summed E-state index contributed by atoms with van der Waals surface area (Å²) in [5, 5.41) is 11.6. The maximum absolute atomic E-state index is 12.5. The maximum Gasteiger partial charge on any atom is 0.223 e. The molecule has 0 bridgehead atoms. The summed E-state index contributed by atoms with van der Waals surface area (Å²) in [6, 6.07) is 3.93. The maximum atomic E-state index is 12.5. The van der Waals surface area contributed by atoms with Gasteiger partial charge in [0.15, 0.2) is 5.82 Å². The summed E-state index contributed by atoms with van der Waals surface area (Å²) >= 11 is 0. The lowest BCUT2D eigenvalue weighted by Crippen LogP contribution is -2.41. The molecule has 0 saturated carbocycles. The molecule has 0 aromatic carbocycles. The number of hydrogen-bond donors (Lipinski definition) is 1. The molecule has 1 N–H and O–H groups in total. The van der Waals surface area contributed by atoms with Crippen LogP contribution in [0.5, 0.6) is 0 Å². The Hall–Kier alpha value is -3.30. The van der Waals surface area contributed by atoms with Gasteiger partial charge in [0.1, 0.15) is 24.8 Å². The second-order valence-electron chi connectivity index (χ2n) is 7.28. The average Bonchev–Trinajstić information content (AvgIpc) is 3.38. The van der Waals surface area contributed by atoms with Crippen LogP contribution >= 0.6 is 0 Å². The van der Waals surface area contributed by atoms with E-state index in [1.54, 1.807) is 11.0 Å². The summed E-state index contributed by atoms with van der Waals surface area (Å²) in [4.78, 5) is 27.3. The summed E-state index contributed by atoms with van der Waals surface area (Å²) in [5.74, 6) is 1.67. The molecule has 0 spiro atoms. The van der Waals surface area contributed by atoms with Crippen molar-refractivity contribution in [3.8, 4) is 5.82 Å². The molecule has 4 rings (SSSR count). The Morgan fingerprint density at radius 2 is 1.93 bits per heavy atom. The number of carbonyl (C=O) groups is 1. The van der Waals surface area contributed by atoms with E-state index in [0.717, 1.165) is 43.1 Å². The van der Waals surface area contributed by atoms with Crippen molar-refractivity contribution in [2.45, 2.75) is 33.2 Å². The van der Waals surface area contributed by atoms with Gasteiger partial charge in [-0.25, -0.2) is 19.6 Å². The SMILES string of the molecule is Cc1cc(C)n(CCNC(=O)C2CCN(c3cc(-n4cncn4)ncn3)CC2)n1. The Kier molecular flexibility index (Phi) is 5.50. The summed E-state index contributed by atoms with van der Waals surface area (Å²) in [7, 11) is 0. The Balaban J connectivity index is 1.27. The standard InChI is InChI=1S/C19H25N9O/c1-14-9-15(2)27(25-14)8-5-21-19(29)16-3-6-26(7-4-16)17-10-18(23-12-22-17)28-13-20-11-24-28/h9-13,16H,3-8H2,1-2H3,(H,21,29). The first-order chi connectivity index (χ1) is 14.1. The Morgan fingerprint density at radius 3 is 2.62 bits per heavy atom. The molecule has 4 heterocycles. The second-order valence-corrected chi connectivity index (χ2v) is 7.28. The van der Waals surface area contributed by atoms with Crippen LogP contribution < -0.4 is 10.2 Å². The number of hydrogen-bond acceptors (Lipinski definition) is 7. The molecule has 0 aliphatic carbocycles. The Labute approximate surface area is 169 Å². The van der Waals surface area contributed by atoms with Crippen molar-refractivity contribution in [2.24, 2.45) is 5.92 Å². The molecule has 3 aromatic heterocycles. The van der Waals surface area contributed by atoms with Crippen LogP contribution in [-0.2, 0) is 11.3 Å². The monoisotopic (exact) mass is 395 g/mol. The number of piperidine rings is 1. The molecule has 10 nitrogen and oxygen atoms in total. The van der Waals surface area contributed by atoms with Crippen LogP contribution in [0.1, 0.15) is 24.2 Å². The topological polar surface area (TPSA) is 107 Å². The van der Waals surface area contributed by atoms with Crippen LogP contribution in [0.25, 0.3) is 5.82 Å². The van der Waals surface area contributed by atoms with Crippen molar-refractivity contribution < 1.29 is 4.79 Å². The number of carbonyl (C=O) groups excluding carboxylic acids is 1. The Morgan fingerprint density at radius 1 is 1.14 bits per heavy atom. The minimum Gasteiger partial charge on any atom is -0.356 e. The predicted molar refractivity (Wildman–Crippen MR) is 107 cm³/mol. The largest absolute Gasteiger partial charge is 0.356 e. The van der Waals surface area contributed by atoms with Crippen molar-refractivity contribution in [1.29, 1.82) is 0 Å². The highest BCUT2D eigenvalue weighted by Gasteiger charge is 2.25. The molecule has 1 amide bonds. The summed E-state index contributed by atoms with van der Waals surface area (Å²) in [6.07, 6.45) is 6.21. The van der Waals surface area contributed by atoms with Crippen LogP contribution in [0, 0.1) is 19.8 Å². The second kappa shape index (κ2) is 8.38. The van der Waals surface area contributed by atoms with Crippen molar-refractivity contribution in [3.63, 3.8) is 0 Å². The van der Waals surface area contributed by atoms with E-state index in [0.29, 0.717) is 18.9 Å². The minimum atomic E-state index is 0.0309. The summed E-state index contributed by atoms with van der Waals surface area (Å²) in [5.41, 5.74) is 2.11. The molecule has 1 aliphatic rings. The third kappa shape index (κ3) is 4.41. The zero-order chi connectivity index (χ0) is 20.2. The number of nitrogens with zero attached hydrogens (tertiary/aromatic N) is 8. The van der Waals surface area contributed by atoms with Crippen molar-refractivity contribution in [2.75, 3.05) is 24.5 Å². The van der Waals surface area contributed by atoms with Gasteiger partial charge in [-0.05, 0) is 32.8 Å². The van der Waals surface area contributed by atoms with Gasteiger partial charge in [0, 0.05) is 37.3 Å². The molecule has 1 aliphatic heterocycles. The third-order valence-electron chi connectivity index (χ3n) is 5.21. The van der Waals surface area contributed by atoms with E-state index in [1.165, 1.54) is 12.7 Å². The van der Waals surface area contributed by atoms with Gasteiger partial charge in [0.05, 0.1) is 12.2 Å². The van der Waals surface area contributed by atoms with E-state index in [1.807, 2.05) is 30.7 Å². The number of amides is 1. The Bertz CT molecular complexity index is 958. The smallest absolute Gasteiger partial charge is 0.223 e. The number of anilines is 1. The zero-order valence-electron chi connectivity index (χ0n) is 16.7. The third-order valence-corrected chi connectivity index (χ3v) is 5.21. The fraction of sp³-hybridized carbons (Fsp3) is 0.474. The van der Waals surface area contributed by atoms with Gasteiger partial charge < -0.3 is 10.2 Å². The lowest BCUT2D eigenvalue weighted by molar-refractivity contribution is -0.125. The first kappa shape index (κ1) is 19.0. The van der Waals surface area contributed by atoms with E-state index in [-0.39, 0.29) is 11.8 Å². The van der Waals surface area contributed by atoms with E-state index in [9.17, 15) is 4.79 Å². The van der Waals surface area contributed by atoms with Gasteiger partial charge in [-0.3, -0.25) is 9.48 Å². The average molecular weight is 395 g/mol. The van der Waals surface area contributed by atoms with Gasteiger partial charge >= 0.3 is 0 Å².